The van der Waals surface area contributed by atoms with Crippen molar-refractivity contribution in [1.29, 1.82) is 0 Å². The molecule has 0 unspecified atom stereocenters. The van der Waals surface area contributed by atoms with Gasteiger partial charge >= 0.3 is 24.6 Å². The van der Waals surface area contributed by atoms with E-state index in [2.05, 4.69) is 4.74 Å². The summed E-state index contributed by atoms with van der Waals surface area (Å²) in [4.78, 5) is 38.2. The molecule has 0 radical (unpaired) electrons. The van der Waals surface area contributed by atoms with E-state index in [0.29, 0.717) is 0 Å². The summed E-state index contributed by atoms with van der Waals surface area (Å²) < 4.78 is 131. The van der Waals surface area contributed by atoms with Crippen LogP contribution in [-0.4, -0.2) is 49.2 Å². The Hall–Kier alpha value is -4.25. The predicted octanol–water partition coefficient (Wildman–Crippen LogP) is 8.89. The lowest BCUT2D eigenvalue weighted by atomic mass is 9.91. The molecule has 0 N–H and O–H groups in total. The van der Waals surface area contributed by atoms with E-state index >= 15 is 0 Å². The Balaban J connectivity index is 2.11. The largest absolute Gasteiger partial charge is 0.494 e. The van der Waals surface area contributed by atoms with Gasteiger partial charge in [0.05, 0.1) is 33.9 Å². The Kier molecular flexibility index (Phi) is 11.0. The first kappa shape index (κ1) is 37.2. The molecule has 0 aliphatic carbocycles. The van der Waals surface area contributed by atoms with Crippen LogP contribution >= 0.6 is 23.2 Å². The Morgan fingerprint density at radius 1 is 0.936 bits per heavy atom. The number of hydrogen-bond acceptors (Lipinski definition) is 6. The number of alkyl halides is 9. The van der Waals surface area contributed by atoms with Gasteiger partial charge in [0.1, 0.15) is 5.75 Å². The number of para-hydroxylation sites is 1. The minimum atomic E-state index is -6.61. The lowest BCUT2D eigenvalue weighted by molar-refractivity contribution is -0.384. The molecule has 0 bridgehead atoms. The molecule has 3 aromatic rings. The van der Waals surface area contributed by atoms with Crippen LogP contribution < -0.4 is 14.4 Å². The Bertz CT molecular complexity index is 1690. The average molecular weight is 721 g/mol. The zero-order chi connectivity index (χ0) is 35.6. The Labute approximate surface area is 268 Å². The number of benzene rings is 3. The van der Waals surface area contributed by atoms with E-state index in [0.717, 1.165) is 36.3 Å². The SMILES string of the molecule is CCN(C(=O)c1ccc([N+](=O)[O-])cc1Cl)c1cccc(C(=O)Cc2c(Cl)cc(C(F)(C(F)(F)F)C(F)(F)F)cc2OC(F)F)c1OC. The monoisotopic (exact) mass is 720 g/mol. The van der Waals surface area contributed by atoms with E-state index in [9.17, 15) is 59.2 Å². The molecule has 0 saturated heterocycles. The van der Waals surface area contributed by atoms with E-state index in [1.807, 2.05) is 0 Å². The molecule has 0 atom stereocenters. The summed E-state index contributed by atoms with van der Waals surface area (Å²) in [5.41, 5.74) is -10.1. The van der Waals surface area contributed by atoms with Crippen LogP contribution in [0.4, 0.5) is 50.9 Å². The van der Waals surface area contributed by atoms with Gasteiger partial charge in [-0.25, -0.2) is 4.39 Å². The number of non-ortho nitro benzene ring substituents is 1. The van der Waals surface area contributed by atoms with Crippen LogP contribution in [0.2, 0.25) is 10.0 Å². The standard InChI is InChI=1S/C28H19Cl2F9N2O6/c1-3-40(24(43)15-8-7-14(41(44)45)11-19(15)30)20-6-4-5-16(23(20)46-2)21(42)12-17-18(29)9-13(10-22(17)47-25(31)32)26(33,27(34,35)36)28(37,38)39/h4-11,25H,3,12H2,1-2H3. The van der Waals surface area contributed by atoms with Crippen LogP contribution in [0.15, 0.2) is 48.5 Å². The highest BCUT2D eigenvalue weighted by Gasteiger charge is 2.73. The molecule has 0 heterocycles. The second kappa shape index (κ2) is 13.9. The third kappa shape index (κ3) is 7.35. The van der Waals surface area contributed by atoms with Crippen molar-refractivity contribution >= 4 is 46.3 Å². The minimum absolute atomic E-state index is 0.0664. The number of carbonyl (C=O) groups excluding carboxylic acids is 2. The summed E-state index contributed by atoms with van der Waals surface area (Å²) in [6.45, 7) is -2.44. The number of amides is 1. The molecule has 0 aromatic heterocycles. The highest BCUT2D eigenvalue weighted by molar-refractivity contribution is 6.35. The smallest absolute Gasteiger partial charge is 0.435 e. The summed E-state index contributed by atoms with van der Waals surface area (Å²) >= 11 is 12.0. The number of nitrogens with zero attached hydrogens (tertiary/aromatic N) is 2. The molecule has 19 heteroatoms. The summed E-state index contributed by atoms with van der Waals surface area (Å²) in [5.74, 6) is -3.61. The third-order valence-corrected chi connectivity index (χ3v) is 7.28. The van der Waals surface area contributed by atoms with Gasteiger partial charge in [-0.15, -0.1) is 0 Å². The van der Waals surface area contributed by atoms with Crippen molar-refractivity contribution in [3.8, 4) is 11.5 Å². The number of rotatable bonds is 11. The first-order chi connectivity index (χ1) is 21.7. The van der Waals surface area contributed by atoms with E-state index in [1.54, 1.807) is 0 Å². The predicted molar refractivity (Wildman–Crippen MR) is 149 cm³/mol. The maximum Gasteiger partial charge on any atom is 0.435 e. The highest BCUT2D eigenvalue weighted by Crippen LogP contribution is 2.54. The quantitative estimate of drug-likeness (QED) is 0.0849. The van der Waals surface area contributed by atoms with Crippen LogP contribution in [0.3, 0.4) is 0 Å². The first-order valence-corrected chi connectivity index (χ1v) is 13.5. The Morgan fingerprint density at radius 2 is 1.55 bits per heavy atom. The van der Waals surface area contributed by atoms with Gasteiger partial charge in [0.25, 0.3) is 11.6 Å². The maximum atomic E-state index is 14.7. The minimum Gasteiger partial charge on any atom is -0.494 e. The van der Waals surface area contributed by atoms with Gasteiger partial charge in [-0.1, -0.05) is 29.3 Å². The van der Waals surface area contributed by atoms with Crippen LogP contribution in [0.25, 0.3) is 0 Å². The van der Waals surface area contributed by atoms with Gasteiger partial charge in [0.2, 0.25) is 0 Å². The number of Topliss-reactive ketones (excluding diaryl/α,β-unsaturated/α-hetero) is 1. The number of anilines is 1. The number of nitro groups is 1. The number of ether oxygens (including phenoxy) is 2. The number of nitro benzene ring substituents is 1. The van der Waals surface area contributed by atoms with E-state index < -0.39 is 75.3 Å². The molecule has 0 aliphatic rings. The number of halogens is 11. The number of ketones is 1. The molecule has 3 aromatic carbocycles. The lowest BCUT2D eigenvalue weighted by Gasteiger charge is -2.31. The van der Waals surface area contributed by atoms with Crippen LogP contribution in [0, 0.1) is 10.1 Å². The van der Waals surface area contributed by atoms with Crippen molar-refractivity contribution in [2.45, 2.75) is 38.0 Å². The molecule has 47 heavy (non-hydrogen) atoms. The van der Waals surface area contributed by atoms with Crippen LogP contribution in [0.1, 0.15) is 38.8 Å². The van der Waals surface area contributed by atoms with Crippen LogP contribution in [0.5, 0.6) is 11.5 Å². The summed E-state index contributed by atoms with van der Waals surface area (Å²) in [6.07, 6.45) is -14.3. The van der Waals surface area contributed by atoms with Gasteiger partial charge in [0.15, 0.2) is 11.5 Å². The molecule has 254 valence electrons. The normalized spacial score (nSPS) is 12.2. The molecular formula is C28H19Cl2F9N2O6. The third-order valence-electron chi connectivity index (χ3n) is 6.63. The Morgan fingerprint density at radius 3 is 2.04 bits per heavy atom. The zero-order valence-electron chi connectivity index (χ0n) is 23.6. The molecule has 3 rings (SSSR count). The maximum absolute atomic E-state index is 14.7. The fourth-order valence-electron chi connectivity index (χ4n) is 4.46. The van der Waals surface area contributed by atoms with Crippen molar-refractivity contribution < 1.29 is 63.5 Å². The fraction of sp³-hybridized carbons (Fsp3) is 0.286. The highest BCUT2D eigenvalue weighted by atomic mass is 35.5. The summed E-state index contributed by atoms with van der Waals surface area (Å²) in [7, 11) is 1.08. The fourth-order valence-corrected chi connectivity index (χ4v) is 4.99. The van der Waals surface area contributed by atoms with Crippen molar-refractivity contribution in [2.24, 2.45) is 0 Å². The molecule has 1 amide bonds. The van der Waals surface area contributed by atoms with E-state index in [-0.39, 0.29) is 46.3 Å². The van der Waals surface area contributed by atoms with Gasteiger partial charge in [-0.05, 0) is 37.3 Å². The van der Waals surface area contributed by atoms with Crippen molar-refractivity contribution in [3.63, 3.8) is 0 Å². The molecule has 0 fully saturated rings. The number of methoxy groups -OCH3 is 1. The van der Waals surface area contributed by atoms with Gasteiger partial charge in [0, 0.05) is 41.2 Å². The van der Waals surface area contributed by atoms with Crippen molar-refractivity contribution in [2.75, 3.05) is 18.6 Å². The van der Waals surface area contributed by atoms with Gasteiger partial charge in [-0.2, -0.15) is 35.1 Å². The van der Waals surface area contributed by atoms with Crippen LogP contribution in [-0.2, 0) is 12.1 Å². The molecular weight excluding hydrogens is 702 g/mol. The van der Waals surface area contributed by atoms with E-state index in [4.69, 9.17) is 27.9 Å². The summed E-state index contributed by atoms with van der Waals surface area (Å²) in [5, 5.41) is 9.61. The lowest BCUT2D eigenvalue weighted by Crippen LogP contribution is -2.50. The van der Waals surface area contributed by atoms with E-state index in [1.165, 1.54) is 19.1 Å². The average Bonchev–Trinajstić information content (AvgIpc) is 2.96. The second-order valence-corrected chi connectivity index (χ2v) is 10.2. The molecule has 0 saturated carbocycles. The first-order valence-electron chi connectivity index (χ1n) is 12.8. The topological polar surface area (TPSA) is 99.0 Å². The molecule has 0 spiro atoms. The second-order valence-electron chi connectivity index (χ2n) is 9.40. The summed E-state index contributed by atoms with van der Waals surface area (Å²) in [6, 6.07) is 6.37. The van der Waals surface area contributed by atoms with Gasteiger partial charge < -0.3 is 14.4 Å². The number of hydrogen-bond donors (Lipinski definition) is 0. The molecule has 8 nitrogen and oxygen atoms in total. The van der Waals surface area contributed by atoms with Crippen molar-refractivity contribution in [1.82, 2.24) is 0 Å². The van der Waals surface area contributed by atoms with Gasteiger partial charge in [-0.3, -0.25) is 19.7 Å². The number of carbonyl (C=O) groups is 2. The molecule has 0 aliphatic heterocycles. The van der Waals surface area contributed by atoms with Crippen molar-refractivity contribution in [3.05, 3.63) is 90.9 Å². The zero-order valence-corrected chi connectivity index (χ0v) is 25.1.